The van der Waals surface area contributed by atoms with E-state index in [-0.39, 0.29) is 41.5 Å². The van der Waals surface area contributed by atoms with E-state index in [0.29, 0.717) is 18.4 Å². The molecule has 28 heavy (non-hydrogen) atoms. The van der Waals surface area contributed by atoms with E-state index in [1.165, 1.54) is 19.8 Å². The van der Waals surface area contributed by atoms with Crippen LogP contribution in [0.2, 0.25) is 0 Å². The van der Waals surface area contributed by atoms with Gasteiger partial charge in [-0.05, 0) is 67.9 Å². The van der Waals surface area contributed by atoms with E-state index in [2.05, 4.69) is 17.0 Å². The van der Waals surface area contributed by atoms with Gasteiger partial charge in [0.1, 0.15) is 0 Å². The molecular formula is C24H29NO3. The zero-order valence-electron chi connectivity index (χ0n) is 20.5. The number of methoxy groups -OCH3 is 2. The number of carbonyl (C=O) groups excluding carboxylic acids is 1. The molecule has 0 saturated carbocycles. The van der Waals surface area contributed by atoms with E-state index in [0.717, 1.165) is 19.6 Å². The van der Waals surface area contributed by atoms with Crippen molar-refractivity contribution in [3.8, 4) is 11.5 Å². The number of hydrogen-bond acceptors (Lipinski definition) is 4. The normalized spacial score (nSPS) is 22.8. The number of carbonyl (C=O) groups is 1. The maximum absolute atomic E-state index is 13.3. The Kier molecular flexibility index (Phi) is 4.37. The number of piperidine rings is 1. The van der Waals surface area contributed by atoms with Crippen molar-refractivity contribution in [2.75, 3.05) is 27.3 Å². The quantitative estimate of drug-likeness (QED) is 0.743. The highest BCUT2D eigenvalue weighted by molar-refractivity contribution is 6.02. The lowest BCUT2D eigenvalue weighted by Gasteiger charge is -2.32. The molecule has 1 heterocycles. The molecule has 1 saturated heterocycles. The fraction of sp³-hybridized carbons (Fsp3) is 0.458. The Labute approximate surface area is 173 Å². The maximum Gasteiger partial charge on any atom is 0.166 e. The van der Waals surface area contributed by atoms with E-state index in [1.807, 2.05) is 18.2 Å². The van der Waals surface area contributed by atoms with Gasteiger partial charge in [-0.15, -0.1) is 0 Å². The van der Waals surface area contributed by atoms with Crippen LogP contribution in [-0.2, 0) is 13.0 Å². The number of benzene rings is 2. The lowest BCUT2D eigenvalue weighted by molar-refractivity contribution is 0.0895. The molecule has 1 fully saturated rings. The van der Waals surface area contributed by atoms with Crippen LogP contribution in [0.1, 0.15) is 46.2 Å². The first-order valence-electron chi connectivity index (χ1n) is 11.8. The summed E-state index contributed by atoms with van der Waals surface area (Å²) < 4.78 is 45.2. The fourth-order valence-corrected chi connectivity index (χ4v) is 4.14. The monoisotopic (exact) mass is 383 g/mol. The van der Waals surface area contributed by atoms with Gasteiger partial charge in [0.25, 0.3) is 0 Å². The molecule has 0 aromatic heterocycles. The fourth-order valence-electron chi connectivity index (χ4n) is 4.14. The van der Waals surface area contributed by atoms with Crippen LogP contribution in [0.4, 0.5) is 0 Å². The Bertz CT molecular complexity index is 1000. The molecule has 1 aliphatic heterocycles. The number of rotatable bonds is 6. The highest BCUT2D eigenvalue weighted by Gasteiger charge is 2.34. The van der Waals surface area contributed by atoms with Crippen molar-refractivity contribution in [3.05, 3.63) is 59.1 Å². The van der Waals surface area contributed by atoms with Gasteiger partial charge in [0.15, 0.2) is 17.3 Å². The molecule has 4 rings (SSSR count). The first-order chi connectivity index (χ1) is 15.3. The molecule has 1 atom stereocenters. The van der Waals surface area contributed by atoms with Crippen molar-refractivity contribution >= 4 is 5.78 Å². The molecule has 2 aromatic carbocycles. The Morgan fingerprint density at radius 1 is 1.11 bits per heavy atom. The van der Waals surface area contributed by atoms with E-state index >= 15 is 0 Å². The zero-order valence-corrected chi connectivity index (χ0v) is 16.5. The van der Waals surface area contributed by atoms with Crippen LogP contribution >= 0.6 is 0 Å². The van der Waals surface area contributed by atoms with Crippen LogP contribution in [-0.4, -0.2) is 38.0 Å². The van der Waals surface area contributed by atoms with Gasteiger partial charge in [-0.25, -0.2) is 0 Å². The third-order valence-electron chi connectivity index (χ3n) is 5.66. The third kappa shape index (κ3) is 3.93. The third-order valence-corrected chi connectivity index (χ3v) is 5.66. The Hall–Kier alpha value is -2.33. The molecule has 1 aliphatic carbocycles. The molecule has 2 aliphatic rings. The lowest BCUT2D eigenvalue weighted by Crippen LogP contribution is -2.34. The summed E-state index contributed by atoms with van der Waals surface area (Å²) in [4.78, 5) is 15.6. The highest BCUT2D eigenvalue weighted by Crippen LogP contribution is 2.39. The summed E-state index contributed by atoms with van der Waals surface area (Å²) in [6.07, 6.45) is -0.243. The smallest absolute Gasteiger partial charge is 0.166 e. The molecule has 148 valence electrons. The van der Waals surface area contributed by atoms with E-state index < -0.39 is 18.1 Å². The van der Waals surface area contributed by atoms with Gasteiger partial charge in [0.2, 0.25) is 0 Å². The Balaban J connectivity index is 1.52. The van der Waals surface area contributed by atoms with Crippen molar-refractivity contribution in [1.82, 2.24) is 4.90 Å². The maximum atomic E-state index is 13.3. The second kappa shape index (κ2) is 8.36. The minimum absolute atomic E-state index is 0.0136. The van der Waals surface area contributed by atoms with E-state index in [4.69, 9.17) is 15.0 Å². The molecule has 0 spiro atoms. The lowest BCUT2D eigenvalue weighted by atomic mass is 9.85. The van der Waals surface area contributed by atoms with Crippen LogP contribution in [0.25, 0.3) is 0 Å². The average Bonchev–Trinajstić information content (AvgIpc) is 3.15. The number of nitrogens with zero attached hydrogens (tertiary/aromatic N) is 1. The summed E-state index contributed by atoms with van der Waals surface area (Å²) in [6, 6.07) is 10.1. The van der Waals surface area contributed by atoms with Crippen LogP contribution in [0.5, 0.6) is 11.5 Å². The summed E-state index contributed by atoms with van der Waals surface area (Å²) >= 11 is 0. The zero-order chi connectivity index (χ0) is 23.0. The van der Waals surface area contributed by atoms with Gasteiger partial charge in [0.05, 0.1) is 17.0 Å². The van der Waals surface area contributed by atoms with Crippen LogP contribution < -0.4 is 9.47 Å². The SMILES string of the molecule is [2H]c1c2c(c([2H])c(OC)c1OC)C(=O)C(C([2H])([2H])C1CCN(Cc3ccccc3)CC1)C2. The second-order valence-electron chi connectivity index (χ2n) is 7.49. The molecule has 4 heteroatoms. The van der Waals surface area contributed by atoms with E-state index in [9.17, 15) is 4.79 Å². The largest absolute Gasteiger partial charge is 0.493 e. The summed E-state index contributed by atoms with van der Waals surface area (Å²) in [6.45, 7) is 2.40. The van der Waals surface area contributed by atoms with Crippen LogP contribution in [0, 0.1) is 11.8 Å². The Morgan fingerprint density at radius 2 is 1.79 bits per heavy atom. The average molecular weight is 384 g/mol. The second-order valence-corrected chi connectivity index (χ2v) is 7.49. The van der Waals surface area contributed by atoms with Gasteiger partial charge in [-0.3, -0.25) is 9.69 Å². The van der Waals surface area contributed by atoms with E-state index in [1.54, 1.807) is 0 Å². The van der Waals surface area contributed by atoms with Gasteiger partial charge in [-0.2, -0.15) is 0 Å². The Morgan fingerprint density at radius 3 is 2.46 bits per heavy atom. The standard InChI is InChI=1S/C24H29NO3/c1-27-22-14-19-13-20(24(26)21(19)15-23(22)28-2)12-17-8-10-25(11-9-17)16-18-6-4-3-5-7-18/h3-7,14-15,17,20H,8-13,16H2,1-2H3/i12D2,14D,15D. The molecule has 2 aromatic rings. The first kappa shape index (κ1) is 14.6. The number of ether oxygens (including phenoxy) is 2. The number of ketones is 1. The predicted molar refractivity (Wildman–Crippen MR) is 110 cm³/mol. The molecule has 0 radical (unpaired) electrons. The van der Waals surface area contributed by atoms with Crippen molar-refractivity contribution < 1.29 is 19.8 Å². The summed E-state index contributed by atoms with van der Waals surface area (Å²) in [5.41, 5.74) is 1.75. The highest BCUT2D eigenvalue weighted by atomic mass is 16.5. The first-order valence-corrected chi connectivity index (χ1v) is 9.84. The number of hydrogen-bond donors (Lipinski definition) is 0. The van der Waals surface area contributed by atoms with Gasteiger partial charge < -0.3 is 9.47 Å². The van der Waals surface area contributed by atoms with Crippen molar-refractivity contribution in [2.45, 2.75) is 32.2 Å². The molecule has 0 bridgehead atoms. The summed E-state index contributed by atoms with van der Waals surface area (Å²) in [5.74, 6) is -1.35. The molecular weight excluding hydrogens is 350 g/mol. The number of fused-ring (bicyclic) bond motifs is 1. The van der Waals surface area contributed by atoms with Gasteiger partial charge in [-0.1, -0.05) is 30.3 Å². The minimum atomic E-state index is -1.71. The molecule has 4 nitrogen and oxygen atoms in total. The van der Waals surface area contributed by atoms with Crippen LogP contribution in [0.15, 0.2) is 42.4 Å². The molecule has 0 amide bonds. The molecule has 0 N–H and O–H groups in total. The number of likely N-dealkylation sites (tertiary alicyclic amines) is 1. The van der Waals surface area contributed by atoms with Crippen molar-refractivity contribution in [2.24, 2.45) is 11.8 Å². The summed E-state index contributed by atoms with van der Waals surface area (Å²) in [5, 5.41) is 0. The van der Waals surface area contributed by atoms with Crippen LogP contribution in [0.3, 0.4) is 0 Å². The molecule has 1 unspecified atom stereocenters. The number of Topliss-reactive ketones (excluding diaryl/α,β-unsaturated/α-hetero) is 1. The topological polar surface area (TPSA) is 38.8 Å². The minimum Gasteiger partial charge on any atom is -0.493 e. The van der Waals surface area contributed by atoms with Crippen molar-refractivity contribution in [3.63, 3.8) is 0 Å². The van der Waals surface area contributed by atoms with Gasteiger partial charge >= 0.3 is 0 Å². The van der Waals surface area contributed by atoms with Gasteiger partial charge in [0, 0.05) is 20.8 Å². The van der Waals surface area contributed by atoms with Crippen molar-refractivity contribution in [1.29, 1.82) is 0 Å². The summed E-state index contributed by atoms with van der Waals surface area (Å²) in [7, 11) is 2.78. The predicted octanol–water partition coefficient (Wildman–Crippen LogP) is 4.36.